The molecule has 0 N–H and O–H groups in total. The van der Waals surface area contributed by atoms with E-state index in [0.717, 1.165) is 24.5 Å². The number of hydrogen-bond donors (Lipinski definition) is 0. The Morgan fingerprint density at radius 3 is 2.55 bits per heavy atom. The van der Waals surface area contributed by atoms with Crippen LogP contribution in [0.3, 0.4) is 0 Å². The van der Waals surface area contributed by atoms with Crippen molar-refractivity contribution in [2.24, 2.45) is 0 Å². The van der Waals surface area contributed by atoms with Crippen molar-refractivity contribution in [3.63, 3.8) is 0 Å². The zero-order valence-electron chi connectivity index (χ0n) is 16.5. The van der Waals surface area contributed by atoms with Gasteiger partial charge in [-0.1, -0.05) is 0 Å². The van der Waals surface area contributed by atoms with Gasteiger partial charge < -0.3 is 9.47 Å². The third-order valence-electron chi connectivity index (χ3n) is 3.92. The molecule has 2 rings (SSSR count). The highest BCUT2D eigenvalue weighted by atomic mass is 32.2. The van der Waals surface area contributed by atoms with Crippen LogP contribution >= 0.6 is 0 Å². The Hall–Kier alpha value is -2.47. The fourth-order valence-corrected chi connectivity index (χ4v) is 3.18. The molecule has 0 radical (unpaired) electrons. The first-order valence-electron chi connectivity index (χ1n) is 8.71. The van der Waals surface area contributed by atoms with Gasteiger partial charge in [-0.3, -0.25) is 19.2 Å². The Labute approximate surface area is 167 Å². The predicted molar refractivity (Wildman–Crippen MR) is 99.6 cm³/mol. The zero-order valence-corrected chi connectivity index (χ0v) is 17.3. The molecule has 162 valence electrons. The summed E-state index contributed by atoms with van der Waals surface area (Å²) in [6.45, 7) is 4.82. The van der Waals surface area contributed by atoms with E-state index >= 15 is 0 Å². The number of likely N-dealkylation sites (tertiary alicyclic amines) is 1. The van der Waals surface area contributed by atoms with Crippen molar-refractivity contribution in [1.29, 1.82) is 0 Å². The maximum absolute atomic E-state index is 13.7. The van der Waals surface area contributed by atoms with Gasteiger partial charge in [0.15, 0.2) is 0 Å². The van der Waals surface area contributed by atoms with Gasteiger partial charge in [0.25, 0.3) is 15.8 Å². The molecule has 10 nitrogen and oxygen atoms in total. The minimum absolute atomic E-state index is 0.114. The highest BCUT2D eigenvalue weighted by Crippen LogP contribution is 2.29. The van der Waals surface area contributed by atoms with Crippen LogP contribution < -0.4 is 4.74 Å². The SMILES string of the molecule is CC(C)(C)OC(=O)N1CC[C@H](Oc2cc(F)cc([N+](=O)[O-])c2)[C@H]1COS(C)(=O)=O. The van der Waals surface area contributed by atoms with E-state index < -0.39 is 57.0 Å². The van der Waals surface area contributed by atoms with E-state index in [1.807, 2.05) is 0 Å². The first kappa shape index (κ1) is 22.8. The van der Waals surface area contributed by atoms with Crippen LogP contribution in [0.1, 0.15) is 27.2 Å². The average molecular weight is 434 g/mol. The Morgan fingerprint density at radius 2 is 2.00 bits per heavy atom. The molecule has 1 aromatic rings. The van der Waals surface area contributed by atoms with E-state index in [0.29, 0.717) is 0 Å². The Balaban J connectivity index is 2.25. The first-order chi connectivity index (χ1) is 13.2. The molecule has 0 bridgehead atoms. The van der Waals surface area contributed by atoms with Gasteiger partial charge in [0, 0.05) is 19.0 Å². The number of nitro groups is 1. The Morgan fingerprint density at radius 1 is 1.34 bits per heavy atom. The quantitative estimate of drug-likeness (QED) is 0.380. The van der Waals surface area contributed by atoms with E-state index in [-0.39, 0.29) is 18.7 Å². The van der Waals surface area contributed by atoms with Crippen LogP contribution in [-0.4, -0.2) is 61.5 Å². The van der Waals surface area contributed by atoms with Crippen LogP contribution in [-0.2, 0) is 19.0 Å². The second-order valence-corrected chi connectivity index (χ2v) is 9.22. The van der Waals surface area contributed by atoms with Gasteiger partial charge in [-0.2, -0.15) is 8.42 Å². The molecule has 1 fully saturated rings. The lowest BCUT2D eigenvalue weighted by Gasteiger charge is -2.30. The molecule has 1 amide bonds. The number of carbonyl (C=O) groups excluding carboxylic acids is 1. The lowest BCUT2D eigenvalue weighted by Crippen LogP contribution is -2.46. The maximum atomic E-state index is 13.7. The smallest absolute Gasteiger partial charge is 0.410 e. The molecule has 1 heterocycles. The fraction of sp³-hybridized carbons (Fsp3) is 0.588. The van der Waals surface area contributed by atoms with E-state index in [2.05, 4.69) is 0 Å². The molecular weight excluding hydrogens is 411 g/mol. The van der Waals surface area contributed by atoms with Crippen molar-refractivity contribution in [3.05, 3.63) is 34.1 Å². The van der Waals surface area contributed by atoms with Crippen molar-refractivity contribution < 1.29 is 36.2 Å². The van der Waals surface area contributed by atoms with Crippen LogP contribution in [0.5, 0.6) is 5.75 Å². The third-order valence-corrected chi connectivity index (χ3v) is 4.48. The summed E-state index contributed by atoms with van der Waals surface area (Å²) in [5.74, 6) is -0.975. The van der Waals surface area contributed by atoms with Gasteiger partial charge in [-0.15, -0.1) is 0 Å². The number of carbonyl (C=O) groups is 1. The van der Waals surface area contributed by atoms with E-state index in [4.69, 9.17) is 13.7 Å². The summed E-state index contributed by atoms with van der Waals surface area (Å²) in [5.41, 5.74) is -1.27. The van der Waals surface area contributed by atoms with Crippen LogP contribution in [0.2, 0.25) is 0 Å². The standard InChI is InChI=1S/C17H23FN2O8S/c1-17(2,3)28-16(21)19-6-5-15(14(19)10-26-29(4,24)25)27-13-8-11(18)7-12(9-13)20(22)23/h7-9,14-15H,5-6,10H2,1-4H3/t14-,15+/m1/s1. The largest absolute Gasteiger partial charge is 0.488 e. The lowest BCUT2D eigenvalue weighted by molar-refractivity contribution is -0.385. The molecule has 1 aliphatic rings. The number of nitro benzene ring substituents is 1. The highest BCUT2D eigenvalue weighted by molar-refractivity contribution is 7.85. The molecular formula is C17H23FN2O8S. The zero-order chi connectivity index (χ0) is 22.0. The topological polar surface area (TPSA) is 125 Å². The number of benzene rings is 1. The summed E-state index contributed by atoms with van der Waals surface area (Å²) in [6, 6.07) is 1.91. The summed E-state index contributed by atoms with van der Waals surface area (Å²) in [5, 5.41) is 10.9. The van der Waals surface area contributed by atoms with Crippen LogP contribution in [0.4, 0.5) is 14.9 Å². The molecule has 29 heavy (non-hydrogen) atoms. The summed E-state index contributed by atoms with van der Waals surface area (Å²) in [7, 11) is -3.80. The van der Waals surface area contributed by atoms with Crippen LogP contribution in [0.25, 0.3) is 0 Å². The monoisotopic (exact) mass is 434 g/mol. The van der Waals surface area contributed by atoms with Crippen molar-refractivity contribution in [1.82, 2.24) is 4.90 Å². The molecule has 1 aromatic carbocycles. The van der Waals surface area contributed by atoms with Crippen molar-refractivity contribution in [2.45, 2.75) is 44.9 Å². The molecule has 0 saturated carbocycles. The summed E-state index contributed by atoms with van der Waals surface area (Å²) < 4.78 is 52.3. The predicted octanol–water partition coefficient (Wildman–Crippen LogP) is 2.47. The Kier molecular flexibility index (Phi) is 6.68. The number of hydrogen-bond acceptors (Lipinski definition) is 8. The van der Waals surface area contributed by atoms with Crippen molar-refractivity contribution in [2.75, 3.05) is 19.4 Å². The number of halogens is 1. The number of ether oxygens (including phenoxy) is 2. The van der Waals surface area contributed by atoms with E-state index in [9.17, 15) is 27.7 Å². The normalized spacial score (nSPS) is 19.8. The van der Waals surface area contributed by atoms with Gasteiger partial charge in [0.2, 0.25) is 0 Å². The second-order valence-electron chi connectivity index (χ2n) is 7.58. The number of rotatable bonds is 6. The van der Waals surface area contributed by atoms with Gasteiger partial charge in [-0.05, 0) is 20.8 Å². The molecule has 12 heteroatoms. The molecule has 0 aliphatic carbocycles. The van der Waals surface area contributed by atoms with E-state index in [1.54, 1.807) is 20.8 Å². The number of amides is 1. The highest BCUT2D eigenvalue weighted by Gasteiger charge is 2.41. The van der Waals surface area contributed by atoms with E-state index in [1.165, 1.54) is 4.90 Å². The van der Waals surface area contributed by atoms with Crippen molar-refractivity contribution >= 4 is 21.9 Å². The molecule has 0 unspecified atom stereocenters. The lowest BCUT2D eigenvalue weighted by atomic mass is 10.1. The van der Waals surface area contributed by atoms with Gasteiger partial charge >= 0.3 is 6.09 Å². The maximum Gasteiger partial charge on any atom is 0.410 e. The summed E-state index contributed by atoms with van der Waals surface area (Å²) >= 11 is 0. The number of nitrogens with zero attached hydrogens (tertiary/aromatic N) is 2. The molecule has 1 saturated heterocycles. The fourth-order valence-electron chi connectivity index (χ4n) is 2.80. The first-order valence-corrected chi connectivity index (χ1v) is 10.5. The Bertz CT molecular complexity index is 884. The summed E-state index contributed by atoms with van der Waals surface area (Å²) in [4.78, 5) is 23.9. The number of non-ortho nitro benzene ring substituents is 1. The van der Waals surface area contributed by atoms with Gasteiger partial charge in [0.1, 0.15) is 23.3 Å². The molecule has 1 aliphatic heterocycles. The molecule has 2 atom stereocenters. The minimum atomic E-state index is -3.80. The van der Waals surface area contributed by atoms with Gasteiger partial charge in [-0.25, -0.2) is 9.18 Å². The summed E-state index contributed by atoms with van der Waals surface area (Å²) in [6.07, 6.45) is -0.339. The third kappa shape index (κ3) is 6.82. The van der Waals surface area contributed by atoms with Gasteiger partial charge in [0.05, 0.1) is 36.0 Å². The van der Waals surface area contributed by atoms with Crippen LogP contribution in [0.15, 0.2) is 18.2 Å². The molecule has 0 aromatic heterocycles. The van der Waals surface area contributed by atoms with Crippen molar-refractivity contribution in [3.8, 4) is 5.75 Å². The average Bonchev–Trinajstić information content (AvgIpc) is 2.92. The van der Waals surface area contributed by atoms with Crippen LogP contribution in [0, 0.1) is 15.9 Å². The minimum Gasteiger partial charge on any atom is -0.488 e. The molecule has 0 spiro atoms. The second kappa shape index (κ2) is 8.49.